The van der Waals surface area contributed by atoms with E-state index in [4.69, 9.17) is 13.9 Å². The smallest absolute Gasteiger partial charge is 0.295 e. The van der Waals surface area contributed by atoms with Gasteiger partial charge in [0.2, 0.25) is 0 Å². The average Bonchev–Trinajstić information content (AvgIpc) is 2.95. The van der Waals surface area contributed by atoms with Crippen molar-refractivity contribution >= 4 is 17.1 Å². The third-order valence-electron chi connectivity index (χ3n) is 3.00. The van der Waals surface area contributed by atoms with Crippen LogP contribution in [-0.4, -0.2) is 25.2 Å². The number of fused-ring (bicyclic) bond motifs is 1. The Bertz CT molecular complexity index is 674. The maximum atomic E-state index is 5.61. The molecule has 0 fully saturated rings. The number of methoxy groups -OCH3 is 1. The lowest BCUT2D eigenvalue weighted by atomic mass is 10.3. The van der Waals surface area contributed by atoms with E-state index in [0.717, 1.165) is 22.6 Å². The normalized spacial score (nSPS) is 10.5. The van der Waals surface area contributed by atoms with Crippen molar-refractivity contribution in [1.29, 1.82) is 0 Å². The van der Waals surface area contributed by atoms with Gasteiger partial charge in [-0.25, -0.2) is 0 Å². The molecule has 2 aromatic carbocycles. The highest BCUT2D eigenvalue weighted by atomic mass is 16.5. The van der Waals surface area contributed by atoms with E-state index < -0.39 is 0 Å². The molecule has 0 spiro atoms. The number of anilines is 1. The van der Waals surface area contributed by atoms with Crippen molar-refractivity contribution in [2.75, 3.05) is 25.6 Å². The molecule has 0 saturated carbocycles. The van der Waals surface area contributed by atoms with Crippen LogP contribution in [0.1, 0.15) is 0 Å². The number of nitrogens with one attached hydrogen (secondary N) is 1. The molecule has 0 bridgehead atoms. The van der Waals surface area contributed by atoms with Crippen LogP contribution in [0.2, 0.25) is 0 Å². The molecule has 1 N–H and O–H groups in total. The average molecular weight is 284 g/mol. The lowest BCUT2D eigenvalue weighted by Gasteiger charge is -2.07. The Hall–Kier alpha value is -2.69. The molecule has 108 valence electrons. The second-order valence-electron chi connectivity index (χ2n) is 4.44. The predicted octanol–water partition coefficient (Wildman–Crippen LogP) is 3.33. The molecule has 5 heteroatoms. The second-order valence-corrected chi connectivity index (χ2v) is 4.44. The number of oxazole rings is 1. The maximum absolute atomic E-state index is 5.61. The topological polar surface area (TPSA) is 56.5 Å². The first-order valence-electron chi connectivity index (χ1n) is 6.71. The highest BCUT2D eigenvalue weighted by molar-refractivity contribution is 5.74. The van der Waals surface area contributed by atoms with E-state index in [1.165, 1.54) is 0 Å². The standard InChI is InChI=1S/C16H16N2O3/c1-19-12-6-8-13(9-7-12)20-11-10-17-16-18-14-4-2-3-5-15(14)21-16/h2-9H,10-11H2,1H3,(H,17,18). The van der Waals surface area contributed by atoms with Crippen LogP contribution in [0.15, 0.2) is 52.9 Å². The quantitative estimate of drug-likeness (QED) is 0.704. The molecule has 0 amide bonds. The Morgan fingerprint density at radius 1 is 1.05 bits per heavy atom. The van der Waals surface area contributed by atoms with Gasteiger partial charge in [-0.3, -0.25) is 0 Å². The van der Waals surface area contributed by atoms with Crippen molar-refractivity contribution in [3.8, 4) is 11.5 Å². The van der Waals surface area contributed by atoms with Crippen LogP contribution >= 0.6 is 0 Å². The monoisotopic (exact) mass is 284 g/mol. The van der Waals surface area contributed by atoms with Gasteiger partial charge in [0, 0.05) is 0 Å². The minimum Gasteiger partial charge on any atom is -0.497 e. The first-order chi connectivity index (χ1) is 10.3. The number of ether oxygens (including phenoxy) is 2. The summed E-state index contributed by atoms with van der Waals surface area (Å²) < 4.78 is 16.3. The van der Waals surface area contributed by atoms with Gasteiger partial charge < -0.3 is 19.2 Å². The summed E-state index contributed by atoms with van der Waals surface area (Å²) in [5.41, 5.74) is 1.62. The van der Waals surface area contributed by atoms with E-state index in [1.54, 1.807) is 7.11 Å². The molecule has 3 rings (SSSR count). The Balaban J connectivity index is 1.49. The van der Waals surface area contributed by atoms with Gasteiger partial charge in [-0.1, -0.05) is 12.1 Å². The van der Waals surface area contributed by atoms with Crippen LogP contribution in [0.3, 0.4) is 0 Å². The fraction of sp³-hybridized carbons (Fsp3) is 0.188. The molecular weight excluding hydrogens is 268 g/mol. The summed E-state index contributed by atoms with van der Waals surface area (Å²) in [5, 5.41) is 3.10. The molecule has 1 heterocycles. The molecule has 0 aliphatic carbocycles. The van der Waals surface area contributed by atoms with E-state index in [0.29, 0.717) is 19.2 Å². The number of hydrogen-bond donors (Lipinski definition) is 1. The van der Waals surface area contributed by atoms with Crippen molar-refractivity contribution in [2.24, 2.45) is 0 Å². The minimum absolute atomic E-state index is 0.509. The molecule has 0 aliphatic rings. The van der Waals surface area contributed by atoms with Crippen LogP contribution in [0.25, 0.3) is 11.1 Å². The second kappa shape index (κ2) is 6.17. The van der Waals surface area contributed by atoms with Gasteiger partial charge in [-0.15, -0.1) is 0 Å². The largest absolute Gasteiger partial charge is 0.497 e. The highest BCUT2D eigenvalue weighted by Gasteiger charge is 2.03. The van der Waals surface area contributed by atoms with Crippen molar-refractivity contribution in [3.63, 3.8) is 0 Å². The molecule has 3 aromatic rings. The summed E-state index contributed by atoms with van der Waals surface area (Å²) in [7, 11) is 1.64. The Labute approximate surface area is 122 Å². The van der Waals surface area contributed by atoms with Gasteiger partial charge in [-0.2, -0.15) is 4.98 Å². The summed E-state index contributed by atoms with van der Waals surface area (Å²) in [6.45, 7) is 1.13. The van der Waals surface area contributed by atoms with Gasteiger partial charge in [0.15, 0.2) is 5.58 Å². The fourth-order valence-electron chi connectivity index (χ4n) is 1.95. The zero-order chi connectivity index (χ0) is 14.5. The van der Waals surface area contributed by atoms with Crippen molar-refractivity contribution in [3.05, 3.63) is 48.5 Å². The number of aromatic nitrogens is 1. The fourth-order valence-corrected chi connectivity index (χ4v) is 1.95. The zero-order valence-corrected chi connectivity index (χ0v) is 11.7. The third kappa shape index (κ3) is 3.25. The highest BCUT2D eigenvalue weighted by Crippen LogP contribution is 2.18. The lowest BCUT2D eigenvalue weighted by molar-refractivity contribution is 0.330. The molecule has 0 saturated heterocycles. The number of benzene rings is 2. The van der Waals surface area contributed by atoms with Crippen molar-refractivity contribution in [1.82, 2.24) is 4.98 Å². The molecule has 0 atom stereocenters. The molecule has 5 nitrogen and oxygen atoms in total. The number of hydrogen-bond acceptors (Lipinski definition) is 5. The van der Waals surface area contributed by atoms with E-state index >= 15 is 0 Å². The van der Waals surface area contributed by atoms with E-state index in [-0.39, 0.29) is 0 Å². The van der Waals surface area contributed by atoms with Crippen LogP contribution in [0, 0.1) is 0 Å². The molecule has 21 heavy (non-hydrogen) atoms. The summed E-state index contributed by atoms with van der Waals surface area (Å²) in [5.74, 6) is 1.61. The number of para-hydroxylation sites is 2. The molecule has 0 radical (unpaired) electrons. The van der Waals surface area contributed by atoms with Gasteiger partial charge in [0.05, 0.1) is 13.7 Å². The van der Waals surface area contributed by atoms with Crippen LogP contribution in [0.5, 0.6) is 11.5 Å². The Morgan fingerprint density at radius 3 is 2.57 bits per heavy atom. The minimum atomic E-state index is 0.509. The number of rotatable bonds is 6. The summed E-state index contributed by atoms with van der Waals surface area (Å²) in [4.78, 5) is 4.33. The van der Waals surface area contributed by atoms with Gasteiger partial charge in [-0.05, 0) is 36.4 Å². The summed E-state index contributed by atoms with van der Waals surface area (Å²) >= 11 is 0. The Kier molecular flexibility index (Phi) is 3.91. The number of nitrogens with zero attached hydrogens (tertiary/aromatic N) is 1. The Morgan fingerprint density at radius 2 is 1.81 bits per heavy atom. The first-order valence-corrected chi connectivity index (χ1v) is 6.71. The maximum Gasteiger partial charge on any atom is 0.295 e. The van der Waals surface area contributed by atoms with Crippen LogP contribution in [-0.2, 0) is 0 Å². The molecule has 1 aromatic heterocycles. The van der Waals surface area contributed by atoms with E-state index in [9.17, 15) is 0 Å². The molecule has 0 unspecified atom stereocenters. The van der Waals surface area contributed by atoms with Crippen LogP contribution in [0.4, 0.5) is 6.01 Å². The van der Waals surface area contributed by atoms with Gasteiger partial charge in [0.1, 0.15) is 23.6 Å². The summed E-state index contributed by atoms with van der Waals surface area (Å²) in [6, 6.07) is 15.6. The predicted molar refractivity (Wildman–Crippen MR) is 81.0 cm³/mol. The van der Waals surface area contributed by atoms with E-state index in [2.05, 4.69) is 10.3 Å². The van der Waals surface area contributed by atoms with Crippen LogP contribution < -0.4 is 14.8 Å². The third-order valence-corrected chi connectivity index (χ3v) is 3.00. The van der Waals surface area contributed by atoms with Crippen molar-refractivity contribution < 1.29 is 13.9 Å². The first kappa shape index (κ1) is 13.3. The molecular formula is C16H16N2O3. The van der Waals surface area contributed by atoms with Gasteiger partial charge in [0.25, 0.3) is 6.01 Å². The molecule has 0 aliphatic heterocycles. The SMILES string of the molecule is COc1ccc(OCCNc2nc3ccccc3o2)cc1. The van der Waals surface area contributed by atoms with Gasteiger partial charge >= 0.3 is 0 Å². The zero-order valence-electron chi connectivity index (χ0n) is 11.7. The van der Waals surface area contributed by atoms with E-state index in [1.807, 2.05) is 48.5 Å². The van der Waals surface area contributed by atoms with Crippen molar-refractivity contribution in [2.45, 2.75) is 0 Å². The lowest BCUT2D eigenvalue weighted by Crippen LogP contribution is -2.11. The summed E-state index contributed by atoms with van der Waals surface area (Å²) in [6.07, 6.45) is 0.